The summed E-state index contributed by atoms with van der Waals surface area (Å²) in [4.78, 5) is 2.59. The van der Waals surface area contributed by atoms with Crippen LogP contribution in [0.3, 0.4) is 0 Å². The van der Waals surface area contributed by atoms with Gasteiger partial charge in [0.05, 0.1) is 0 Å². The van der Waals surface area contributed by atoms with E-state index < -0.39 is 0 Å². The molecule has 0 radical (unpaired) electrons. The van der Waals surface area contributed by atoms with Crippen LogP contribution in [0.1, 0.15) is 42.9 Å². The Hall–Kier alpha value is -0.820. The monoisotopic (exact) mass is 215 g/mol. The molecule has 1 heteroatoms. The van der Waals surface area contributed by atoms with Crippen LogP contribution in [0.25, 0.3) is 0 Å². The molecule has 1 aromatic rings. The Morgan fingerprint density at radius 3 is 2.81 bits per heavy atom. The lowest BCUT2D eigenvalue weighted by atomic mass is 9.87. The van der Waals surface area contributed by atoms with Gasteiger partial charge in [-0.05, 0) is 56.2 Å². The van der Waals surface area contributed by atoms with Crippen molar-refractivity contribution in [1.29, 1.82) is 0 Å². The molecule has 1 atom stereocenters. The molecule has 0 saturated heterocycles. The average molecular weight is 215 g/mol. The third-order valence-electron chi connectivity index (χ3n) is 4.11. The second-order valence-electron chi connectivity index (χ2n) is 5.49. The van der Waals surface area contributed by atoms with Gasteiger partial charge in [-0.3, -0.25) is 4.90 Å². The van der Waals surface area contributed by atoms with Gasteiger partial charge in [-0.2, -0.15) is 0 Å². The Labute approximate surface area is 98.5 Å². The molecule has 0 amide bonds. The van der Waals surface area contributed by atoms with E-state index in [1.165, 1.54) is 38.6 Å². The van der Waals surface area contributed by atoms with Gasteiger partial charge in [0.15, 0.2) is 0 Å². The zero-order chi connectivity index (χ0) is 11.0. The summed E-state index contributed by atoms with van der Waals surface area (Å²) in [7, 11) is 2.31. The molecule has 1 aromatic carbocycles. The van der Waals surface area contributed by atoms with Gasteiger partial charge in [-0.1, -0.05) is 24.3 Å². The number of hydrogen-bond acceptors (Lipinski definition) is 1. The SMILES string of the molecule is CN(CC1CC1)[C@@H]1CCCc2ccccc21. The van der Waals surface area contributed by atoms with Crippen LogP contribution in [0.4, 0.5) is 0 Å². The maximum absolute atomic E-state index is 2.59. The van der Waals surface area contributed by atoms with Crippen molar-refractivity contribution >= 4 is 0 Å². The van der Waals surface area contributed by atoms with Crippen LogP contribution in [0, 0.1) is 5.92 Å². The molecule has 0 spiro atoms. The Kier molecular flexibility index (Phi) is 2.72. The highest BCUT2D eigenvalue weighted by atomic mass is 15.1. The van der Waals surface area contributed by atoms with E-state index in [1.807, 2.05) is 0 Å². The summed E-state index contributed by atoms with van der Waals surface area (Å²) >= 11 is 0. The standard InChI is InChI=1S/C15H21N/c1-16(11-12-9-10-12)15-8-4-6-13-5-2-3-7-14(13)15/h2-3,5,7,12,15H,4,6,8-11H2,1H3/t15-/m1/s1. The van der Waals surface area contributed by atoms with Gasteiger partial charge in [-0.15, -0.1) is 0 Å². The van der Waals surface area contributed by atoms with Crippen LogP contribution < -0.4 is 0 Å². The largest absolute Gasteiger partial charge is 0.299 e. The summed E-state index contributed by atoms with van der Waals surface area (Å²) in [5.74, 6) is 0.999. The lowest BCUT2D eigenvalue weighted by molar-refractivity contribution is 0.213. The fourth-order valence-electron chi connectivity index (χ4n) is 3.02. The van der Waals surface area contributed by atoms with E-state index >= 15 is 0 Å². The molecule has 86 valence electrons. The summed E-state index contributed by atoms with van der Waals surface area (Å²) in [5.41, 5.74) is 3.18. The van der Waals surface area contributed by atoms with Crippen molar-refractivity contribution in [2.45, 2.75) is 38.1 Å². The average Bonchev–Trinajstić information content (AvgIpc) is 3.12. The van der Waals surface area contributed by atoms with E-state index in [4.69, 9.17) is 0 Å². The highest BCUT2D eigenvalue weighted by Gasteiger charge is 2.28. The van der Waals surface area contributed by atoms with Crippen molar-refractivity contribution in [3.05, 3.63) is 35.4 Å². The highest BCUT2D eigenvalue weighted by molar-refractivity contribution is 5.32. The Bertz CT molecular complexity index is 367. The lowest BCUT2D eigenvalue weighted by Gasteiger charge is -2.33. The Morgan fingerprint density at radius 2 is 2.00 bits per heavy atom. The van der Waals surface area contributed by atoms with E-state index in [-0.39, 0.29) is 0 Å². The smallest absolute Gasteiger partial charge is 0.0348 e. The van der Waals surface area contributed by atoms with E-state index in [9.17, 15) is 0 Å². The lowest BCUT2D eigenvalue weighted by Crippen LogP contribution is -2.29. The summed E-state index contributed by atoms with van der Waals surface area (Å²) in [6.45, 7) is 1.30. The first-order valence-electron chi connectivity index (χ1n) is 6.62. The first kappa shape index (κ1) is 10.3. The van der Waals surface area contributed by atoms with Crippen molar-refractivity contribution in [3.8, 4) is 0 Å². The summed E-state index contributed by atoms with van der Waals surface area (Å²) in [6.07, 6.45) is 6.90. The zero-order valence-corrected chi connectivity index (χ0v) is 10.2. The minimum atomic E-state index is 0.686. The molecule has 0 heterocycles. The molecule has 0 aromatic heterocycles. The fourth-order valence-corrected chi connectivity index (χ4v) is 3.02. The number of aryl methyl sites for hydroxylation is 1. The van der Waals surface area contributed by atoms with E-state index in [0.717, 1.165) is 5.92 Å². The normalized spacial score (nSPS) is 24.5. The van der Waals surface area contributed by atoms with Crippen LogP contribution in [0.2, 0.25) is 0 Å². The summed E-state index contributed by atoms with van der Waals surface area (Å²) < 4.78 is 0. The second kappa shape index (κ2) is 4.21. The summed E-state index contributed by atoms with van der Waals surface area (Å²) in [5, 5.41) is 0. The highest BCUT2D eigenvalue weighted by Crippen LogP contribution is 2.37. The minimum Gasteiger partial charge on any atom is -0.299 e. The maximum Gasteiger partial charge on any atom is 0.0348 e. The number of hydrogen-bond donors (Lipinski definition) is 0. The predicted octanol–water partition coefficient (Wildman–Crippen LogP) is 3.41. The van der Waals surface area contributed by atoms with Crippen molar-refractivity contribution < 1.29 is 0 Å². The van der Waals surface area contributed by atoms with Crippen molar-refractivity contribution in [3.63, 3.8) is 0 Å². The van der Waals surface area contributed by atoms with Crippen LogP contribution >= 0.6 is 0 Å². The van der Waals surface area contributed by atoms with Crippen LogP contribution in [-0.4, -0.2) is 18.5 Å². The number of benzene rings is 1. The quantitative estimate of drug-likeness (QED) is 0.747. The molecular formula is C15H21N. The molecule has 2 aliphatic rings. The van der Waals surface area contributed by atoms with E-state index in [0.29, 0.717) is 6.04 Å². The van der Waals surface area contributed by atoms with Gasteiger partial charge in [0, 0.05) is 12.6 Å². The van der Waals surface area contributed by atoms with Gasteiger partial charge < -0.3 is 0 Å². The third kappa shape index (κ3) is 2.01. The Morgan fingerprint density at radius 1 is 1.19 bits per heavy atom. The molecule has 1 saturated carbocycles. The Balaban J connectivity index is 1.80. The molecule has 0 bridgehead atoms. The van der Waals surface area contributed by atoms with Crippen molar-refractivity contribution in [2.75, 3.05) is 13.6 Å². The molecule has 1 fully saturated rings. The molecule has 0 aliphatic heterocycles. The van der Waals surface area contributed by atoms with Crippen molar-refractivity contribution in [1.82, 2.24) is 4.90 Å². The third-order valence-corrected chi connectivity index (χ3v) is 4.11. The zero-order valence-electron chi connectivity index (χ0n) is 10.2. The van der Waals surface area contributed by atoms with Crippen LogP contribution in [0.15, 0.2) is 24.3 Å². The predicted molar refractivity (Wildman–Crippen MR) is 67.5 cm³/mol. The molecule has 2 aliphatic carbocycles. The van der Waals surface area contributed by atoms with Gasteiger partial charge in [0.1, 0.15) is 0 Å². The molecule has 16 heavy (non-hydrogen) atoms. The number of fused-ring (bicyclic) bond motifs is 1. The minimum absolute atomic E-state index is 0.686. The van der Waals surface area contributed by atoms with Crippen molar-refractivity contribution in [2.24, 2.45) is 5.92 Å². The fraction of sp³-hybridized carbons (Fsp3) is 0.600. The summed E-state index contributed by atoms with van der Waals surface area (Å²) in [6, 6.07) is 9.71. The topological polar surface area (TPSA) is 3.24 Å². The van der Waals surface area contributed by atoms with Crippen LogP contribution in [-0.2, 0) is 6.42 Å². The molecular weight excluding hydrogens is 194 g/mol. The first-order chi connectivity index (χ1) is 7.84. The van der Waals surface area contributed by atoms with Gasteiger partial charge in [0.2, 0.25) is 0 Å². The van der Waals surface area contributed by atoms with Gasteiger partial charge >= 0.3 is 0 Å². The van der Waals surface area contributed by atoms with E-state index in [1.54, 1.807) is 11.1 Å². The van der Waals surface area contributed by atoms with Gasteiger partial charge in [-0.25, -0.2) is 0 Å². The molecule has 3 rings (SSSR count). The van der Waals surface area contributed by atoms with E-state index in [2.05, 4.69) is 36.2 Å². The maximum atomic E-state index is 2.59. The van der Waals surface area contributed by atoms with Gasteiger partial charge in [0.25, 0.3) is 0 Å². The second-order valence-corrected chi connectivity index (χ2v) is 5.49. The van der Waals surface area contributed by atoms with Crippen LogP contribution in [0.5, 0.6) is 0 Å². The number of nitrogens with zero attached hydrogens (tertiary/aromatic N) is 1. The molecule has 1 nitrogen and oxygen atoms in total. The first-order valence-corrected chi connectivity index (χ1v) is 6.62. The molecule has 0 unspecified atom stereocenters. The molecule has 0 N–H and O–H groups in total. The number of rotatable bonds is 3.